The van der Waals surface area contributed by atoms with Gasteiger partial charge in [0.25, 0.3) is 0 Å². The lowest BCUT2D eigenvalue weighted by molar-refractivity contribution is -0.138. The van der Waals surface area contributed by atoms with Crippen LogP contribution in [0.5, 0.6) is 0 Å². The summed E-state index contributed by atoms with van der Waals surface area (Å²) in [5.41, 5.74) is -1.56. The molecule has 3 atom stereocenters. The van der Waals surface area contributed by atoms with Crippen molar-refractivity contribution in [3.63, 3.8) is 0 Å². The first kappa shape index (κ1) is 28.8. The van der Waals surface area contributed by atoms with Gasteiger partial charge in [0.15, 0.2) is 9.84 Å². The molecule has 5 heterocycles. The van der Waals surface area contributed by atoms with E-state index in [1.807, 2.05) is 25.7 Å². The lowest BCUT2D eigenvalue weighted by Crippen LogP contribution is -2.66. The van der Waals surface area contributed by atoms with Crippen LogP contribution in [0.25, 0.3) is 0 Å². The third kappa shape index (κ3) is 4.41. The van der Waals surface area contributed by atoms with Gasteiger partial charge >= 0.3 is 6.18 Å². The minimum atomic E-state index is -4.74. The monoisotopic (exact) mass is 589 g/mol. The number of anilines is 3. The van der Waals surface area contributed by atoms with Crippen LogP contribution in [0.4, 0.5) is 30.6 Å². The van der Waals surface area contributed by atoms with E-state index < -0.39 is 49.3 Å². The van der Waals surface area contributed by atoms with Gasteiger partial charge in [-0.05, 0) is 26.3 Å². The van der Waals surface area contributed by atoms with Crippen LogP contribution < -0.4 is 9.80 Å². The third-order valence-electron chi connectivity index (χ3n) is 8.45. The Morgan fingerprint density at radius 3 is 2.44 bits per heavy atom. The molecule has 0 bridgehead atoms. The maximum Gasteiger partial charge on any atom is 0.417 e. The summed E-state index contributed by atoms with van der Waals surface area (Å²) in [6.45, 7) is 11.9. The van der Waals surface area contributed by atoms with E-state index in [9.17, 15) is 31.6 Å². The summed E-state index contributed by atoms with van der Waals surface area (Å²) >= 11 is 0. The molecule has 0 saturated carbocycles. The molecule has 2 fully saturated rings. The highest BCUT2D eigenvalue weighted by atomic mass is 32.2. The quantitative estimate of drug-likeness (QED) is 0.494. The van der Waals surface area contributed by atoms with E-state index in [2.05, 4.69) is 21.5 Å². The largest absolute Gasteiger partial charge is 0.417 e. The zero-order chi connectivity index (χ0) is 30.1. The van der Waals surface area contributed by atoms with Crippen molar-refractivity contribution in [2.75, 3.05) is 35.2 Å². The van der Waals surface area contributed by atoms with Crippen LogP contribution >= 0.6 is 0 Å². The summed E-state index contributed by atoms with van der Waals surface area (Å²) < 4.78 is 64.6. The van der Waals surface area contributed by atoms with Crippen molar-refractivity contribution < 1.29 is 26.4 Å². The number of nitriles is 1. The third-order valence-corrected chi connectivity index (χ3v) is 10.9. The Bertz CT molecular complexity index is 1590. The smallest absolute Gasteiger partial charge is 0.346 e. The molecule has 0 spiro atoms. The molecular formula is C27H30F3N7O3S. The summed E-state index contributed by atoms with van der Waals surface area (Å²) in [7, 11) is -3.51. The molecule has 1 unspecified atom stereocenters. The number of aromatic nitrogens is 3. The second-order valence-corrected chi connectivity index (χ2v) is 14.2. The van der Waals surface area contributed by atoms with Gasteiger partial charge < -0.3 is 14.7 Å². The summed E-state index contributed by atoms with van der Waals surface area (Å²) in [5.74, 6) is 0.526. The number of pyridine rings is 1. The van der Waals surface area contributed by atoms with Crippen LogP contribution in [0.15, 0.2) is 31.2 Å². The van der Waals surface area contributed by atoms with Crippen LogP contribution in [-0.2, 0) is 26.2 Å². The van der Waals surface area contributed by atoms with E-state index in [-0.39, 0.29) is 37.1 Å². The van der Waals surface area contributed by atoms with Crippen molar-refractivity contribution in [3.05, 3.63) is 47.9 Å². The Hall–Kier alpha value is -3.73. The van der Waals surface area contributed by atoms with Crippen molar-refractivity contribution in [1.82, 2.24) is 19.9 Å². The number of nitrogens with zero attached hydrogens (tertiary/aromatic N) is 7. The lowest BCUT2D eigenvalue weighted by atomic mass is 9.87. The van der Waals surface area contributed by atoms with Gasteiger partial charge in [-0.3, -0.25) is 4.79 Å². The maximum atomic E-state index is 13.7. The summed E-state index contributed by atoms with van der Waals surface area (Å²) in [5, 5.41) is 9.18. The molecule has 218 valence electrons. The summed E-state index contributed by atoms with van der Waals surface area (Å²) in [6.07, 6.45) is -0.530. The normalized spacial score (nSPS) is 26.6. The molecule has 41 heavy (non-hydrogen) atoms. The minimum Gasteiger partial charge on any atom is -0.346 e. The number of hydrogen-bond acceptors (Lipinski definition) is 9. The number of alkyl halides is 3. The fourth-order valence-corrected chi connectivity index (χ4v) is 7.43. The number of piperazine rings is 1. The molecule has 14 heteroatoms. The number of amides is 1. The number of hydrogen-bond donors (Lipinski definition) is 0. The Morgan fingerprint density at radius 1 is 1.20 bits per heavy atom. The SMILES string of the molecule is C=C[C@H]1CN(C(=O)C2(C)CCS2(=O)=O)[C@H](C)CN1c1ncnc2c1C(C)(C)CN2c1cc(C(F)(F)F)c(C#N)cn1. The Morgan fingerprint density at radius 2 is 1.88 bits per heavy atom. The number of sulfone groups is 1. The second-order valence-electron chi connectivity index (χ2n) is 11.6. The zero-order valence-corrected chi connectivity index (χ0v) is 23.9. The standard InChI is InChI=1S/C27H30F3N7O3S/c1-6-18-13-35(24(38)26(5)7-8-41(26,39)40)16(2)12-36(18)22-21-23(34-15-33-22)37(14-25(21,3)4)20-9-19(27(28,29)30)17(10-31)11-32-20/h6,9,11,15-16,18H,1,7-8,12-14H2,2-5H3/t16-,18+,26?/m1/s1. The van der Waals surface area contributed by atoms with Gasteiger partial charge in [0.05, 0.1) is 22.9 Å². The van der Waals surface area contributed by atoms with Gasteiger partial charge in [0.1, 0.15) is 34.6 Å². The number of carbonyl (C=O) groups is 1. The predicted octanol–water partition coefficient (Wildman–Crippen LogP) is 3.36. The number of halogens is 3. The van der Waals surface area contributed by atoms with Gasteiger partial charge in [-0.2, -0.15) is 18.4 Å². The van der Waals surface area contributed by atoms with E-state index in [0.717, 1.165) is 12.3 Å². The van der Waals surface area contributed by atoms with E-state index in [1.165, 1.54) is 13.3 Å². The van der Waals surface area contributed by atoms with Crippen LogP contribution in [0.2, 0.25) is 0 Å². The maximum absolute atomic E-state index is 13.7. The van der Waals surface area contributed by atoms with Crippen molar-refractivity contribution in [2.24, 2.45) is 0 Å². The van der Waals surface area contributed by atoms with Crippen molar-refractivity contribution in [2.45, 2.75) is 62.5 Å². The average molecular weight is 590 g/mol. The van der Waals surface area contributed by atoms with E-state index in [0.29, 0.717) is 23.7 Å². The topological polar surface area (TPSA) is 123 Å². The number of carbonyl (C=O) groups excluding carboxylic acids is 1. The average Bonchev–Trinajstić information content (AvgIpc) is 3.21. The number of fused-ring (bicyclic) bond motifs is 1. The molecule has 0 N–H and O–H groups in total. The fourth-order valence-electron chi connectivity index (χ4n) is 5.90. The highest BCUT2D eigenvalue weighted by Gasteiger charge is 2.57. The second kappa shape index (κ2) is 9.40. The molecule has 5 rings (SSSR count). The molecule has 1 amide bonds. The van der Waals surface area contributed by atoms with E-state index in [1.54, 1.807) is 21.9 Å². The van der Waals surface area contributed by atoms with Crippen molar-refractivity contribution in [1.29, 1.82) is 5.26 Å². The Kier molecular flexibility index (Phi) is 6.60. The van der Waals surface area contributed by atoms with Crippen molar-refractivity contribution in [3.8, 4) is 6.07 Å². The predicted molar refractivity (Wildman–Crippen MR) is 145 cm³/mol. The molecule has 2 aromatic heterocycles. The lowest BCUT2D eigenvalue weighted by Gasteiger charge is -2.49. The molecule has 0 aliphatic carbocycles. The Labute approximate surface area is 236 Å². The zero-order valence-electron chi connectivity index (χ0n) is 23.1. The molecule has 0 aromatic carbocycles. The highest BCUT2D eigenvalue weighted by molar-refractivity contribution is 7.95. The van der Waals surface area contributed by atoms with Gasteiger partial charge in [0.2, 0.25) is 5.91 Å². The van der Waals surface area contributed by atoms with Gasteiger partial charge in [-0.25, -0.2) is 23.4 Å². The minimum absolute atomic E-state index is 0.00630. The van der Waals surface area contributed by atoms with Crippen LogP contribution in [0.1, 0.15) is 50.8 Å². The molecule has 3 aliphatic rings. The molecule has 3 aliphatic heterocycles. The van der Waals surface area contributed by atoms with Crippen LogP contribution in [0.3, 0.4) is 0 Å². The summed E-state index contributed by atoms with van der Waals surface area (Å²) in [6, 6.07) is 1.65. The van der Waals surface area contributed by atoms with E-state index >= 15 is 0 Å². The van der Waals surface area contributed by atoms with Crippen LogP contribution in [0, 0.1) is 11.3 Å². The number of rotatable bonds is 4. The first-order valence-corrected chi connectivity index (χ1v) is 14.7. The summed E-state index contributed by atoms with van der Waals surface area (Å²) in [4.78, 5) is 31.8. The van der Waals surface area contributed by atoms with Crippen molar-refractivity contribution >= 4 is 33.2 Å². The molecule has 10 nitrogen and oxygen atoms in total. The van der Waals surface area contributed by atoms with Gasteiger partial charge in [-0.1, -0.05) is 19.9 Å². The van der Waals surface area contributed by atoms with Gasteiger partial charge in [-0.15, -0.1) is 6.58 Å². The molecule has 0 radical (unpaired) electrons. The first-order chi connectivity index (χ1) is 19.1. The fraction of sp³-hybridized carbons (Fsp3) is 0.519. The molecule has 2 aromatic rings. The highest BCUT2D eigenvalue weighted by Crippen LogP contribution is 2.48. The molecular weight excluding hydrogens is 559 g/mol. The van der Waals surface area contributed by atoms with Gasteiger partial charge in [0, 0.05) is 42.9 Å². The Balaban J connectivity index is 1.52. The molecule has 2 saturated heterocycles. The first-order valence-electron chi connectivity index (χ1n) is 13.1. The van der Waals surface area contributed by atoms with E-state index in [4.69, 9.17) is 0 Å². The van der Waals surface area contributed by atoms with Crippen LogP contribution in [-0.4, -0.2) is 76.4 Å².